The third kappa shape index (κ3) is 4.66. The van der Waals surface area contributed by atoms with Gasteiger partial charge in [0.25, 0.3) is 5.91 Å². The summed E-state index contributed by atoms with van der Waals surface area (Å²) < 4.78 is 6.34. The fraction of sp³-hybridized carbons (Fsp3) is 0.333. The van der Waals surface area contributed by atoms with Crippen LogP contribution in [0, 0.1) is 0 Å². The Morgan fingerprint density at radius 2 is 2.04 bits per heavy atom. The minimum atomic E-state index is 0.00354. The van der Waals surface area contributed by atoms with Crippen LogP contribution < -0.4 is 14.5 Å². The molecule has 0 unspecified atom stereocenters. The minimum absolute atomic E-state index is 0.00354. The van der Waals surface area contributed by atoms with E-state index in [4.69, 9.17) is 9.72 Å². The highest BCUT2D eigenvalue weighted by Crippen LogP contribution is 2.33. The molecule has 0 saturated heterocycles. The zero-order valence-corrected chi connectivity index (χ0v) is 18.3. The van der Waals surface area contributed by atoms with Crippen molar-refractivity contribution in [3.05, 3.63) is 48.0 Å². The number of nitrogens with zero attached hydrogens (tertiary/aromatic N) is 2. The van der Waals surface area contributed by atoms with E-state index >= 15 is 0 Å². The first-order valence-corrected chi connectivity index (χ1v) is 11.1. The number of thiazole rings is 1. The molecule has 1 N–H and O–H groups in total. The Morgan fingerprint density at radius 1 is 1.25 bits per heavy atom. The Morgan fingerprint density at radius 3 is 2.75 bits per heavy atom. The predicted molar refractivity (Wildman–Crippen MR) is 118 cm³/mol. The first kappa shape index (κ1) is 20.6. The first-order valence-electron chi connectivity index (χ1n) is 9.30. The number of carbonyl (C=O) groups excluding carboxylic acids is 1. The molecule has 28 heavy (non-hydrogen) atoms. The molecule has 148 valence electrons. The van der Waals surface area contributed by atoms with E-state index in [1.165, 1.54) is 16.2 Å². The topological polar surface area (TPSA) is 46.9 Å². The molecular weight excluding hydrogens is 390 g/mol. The van der Waals surface area contributed by atoms with Crippen LogP contribution in [0.2, 0.25) is 0 Å². The van der Waals surface area contributed by atoms with Crippen LogP contribution in [0.15, 0.2) is 47.4 Å². The summed E-state index contributed by atoms with van der Waals surface area (Å²) in [5, 5.41) is 0.728. The van der Waals surface area contributed by atoms with Crippen molar-refractivity contribution in [2.45, 2.75) is 11.8 Å². The number of anilines is 1. The zero-order chi connectivity index (χ0) is 20.1. The van der Waals surface area contributed by atoms with Gasteiger partial charge in [-0.2, -0.15) is 0 Å². The van der Waals surface area contributed by atoms with Crippen molar-refractivity contribution in [2.24, 2.45) is 0 Å². The molecule has 3 rings (SSSR count). The van der Waals surface area contributed by atoms with E-state index in [1.54, 1.807) is 18.9 Å². The lowest BCUT2D eigenvalue weighted by Gasteiger charge is -2.21. The summed E-state index contributed by atoms with van der Waals surface area (Å²) in [7, 11) is 5.83. The van der Waals surface area contributed by atoms with Crippen LogP contribution >= 0.6 is 23.1 Å². The Balaban J connectivity index is 2.00. The number of hydrogen-bond acceptors (Lipinski definition) is 5. The monoisotopic (exact) mass is 416 g/mol. The van der Waals surface area contributed by atoms with Crippen LogP contribution in [-0.2, 0) is 0 Å². The summed E-state index contributed by atoms with van der Waals surface area (Å²) in [4.78, 5) is 22.4. The number of likely N-dealkylation sites (N-methyl/N-ethyl adjacent to an activating group) is 1. The van der Waals surface area contributed by atoms with Crippen molar-refractivity contribution >= 4 is 44.4 Å². The number of rotatable bonds is 8. The third-order valence-electron chi connectivity index (χ3n) is 4.31. The number of fused-ring (bicyclic) bond motifs is 1. The van der Waals surface area contributed by atoms with Gasteiger partial charge in [-0.1, -0.05) is 30.4 Å². The summed E-state index contributed by atoms with van der Waals surface area (Å²) in [6, 6.07) is 13.6. The molecule has 3 aromatic rings. The molecular formula is C21H26N3O2S2+. The Labute approximate surface area is 174 Å². The van der Waals surface area contributed by atoms with Gasteiger partial charge in [-0.05, 0) is 36.1 Å². The SMILES string of the molecule is CCSc1ccccc1C(=O)N(CC[NH+](C)C)c1nc2ccc(OC)cc2s1. The maximum Gasteiger partial charge on any atom is 0.261 e. The van der Waals surface area contributed by atoms with Crippen LogP contribution in [0.25, 0.3) is 10.2 Å². The third-order valence-corrected chi connectivity index (χ3v) is 6.31. The number of methoxy groups -OCH3 is 1. The van der Waals surface area contributed by atoms with Gasteiger partial charge >= 0.3 is 0 Å². The van der Waals surface area contributed by atoms with Crippen LogP contribution in [0.4, 0.5) is 5.13 Å². The number of amides is 1. The van der Waals surface area contributed by atoms with Crippen LogP contribution in [0.3, 0.4) is 0 Å². The van der Waals surface area contributed by atoms with Gasteiger partial charge in [0, 0.05) is 4.90 Å². The zero-order valence-electron chi connectivity index (χ0n) is 16.7. The van der Waals surface area contributed by atoms with Crippen molar-refractivity contribution in [1.29, 1.82) is 0 Å². The standard InChI is InChI=1S/C21H25N3O2S2/c1-5-27-18-9-7-6-8-16(18)20(25)24(13-12-23(2)3)21-22-17-11-10-15(26-4)14-19(17)28-21/h6-11,14H,5,12-13H2,1-4H3/p+1. The molecule has 1 amide bonds. The lowest BCUT2D eigenvalue weighted by molar-refractivity contribution is -0.856. The smallest absolute Gasteiger partial charge is 0.261 e. The molecule has 2 aromatic carbocycles. The van der Waals surface area contributed by atoms with E-state index < -0.39 is 0 Å². The van der Waals surface area contributed by atoms with E-state index in [-0.39, 0.29) is 5.91 Å². The van der Waals surface area contributed by atoms with Crippen molar-refractivity contribution in [2.75, 3.05) is 44.9 Å². The fourth-order valence-electron chi connectivity index (χ4n) is 2.82. The summed E-state index contributed by atoms with van der Waals surface area (Å²) in [6.07, 6.45) is 0. The number of quaternary nitrogens is 1. The molecule has 1 aromatic heterocycles. The number of thioether (sulfide) groups is 1. The first-order chi connectivity index (χ1) is 13.5. The molecule has 0 fully saturated rings. The number of nitrogens with one attached hydrogen (secondary N) is 1. The highest BCUT2D eigenvalue weighted by Gasteiger charge is 2.24. The maximum atomic E-state index is 13.5. The number of ether oxygens (including phenoxy) is 1. The van der Waals surface area contributed by atoms with E-state index in [0.717, 1.165) is 43.9 Å². The number of benzene rings is 2. The highest BCUT2D eigenvalue weighted by molar-refractivity contribution is 7.99. The second-order valence-electron chi connectivity index (χ2n) is 6.67. The lowest BCUT2D eigenvalue weighted by Crippen LogP contribution is -3.06. The molecule has 0 spiro atoms. The van der Waals surface area contributed by atoms with Crippen molar-refractivity contribution in [3.8, 4) is 5.75 Å². The fourth-order valence-corrected chi connectivity index (χ4v) is 4.64. The van der Waals surface area contributed by atoms with E-state index in [2.05, 4.69) is 21.0 Å². The van der Waals surface area contributed by atoms with Gasteiger partial charge in [0.1, 0.15) is 5.75 Å². The molecule has 0 atom stereocenters. The quantitative estimate of drug-likeness (QED) is 0.573. The van der Waals surface area contributed by atoms with Gasteiger partial charge in [0.15, 0.2) is 5.13 Å². The summed E-state index contributed by atoms with van der Waals surface area (Å²) >= 11 is 3.22. The van der Waals surface area contributed by atoms with Crippen LogP contribution in [0.5, 0.6) is 5.75 Å². The number of hydrogen-bond donors (Lipinski definition) is 1. The second-order valence-corrected chi connectivity index (χ2v) is 8.99. The van der Waals surface area contributed by atoms with Gasteiger partial charge in [-0.3, -0.25) is 9.69 Å². The average Bonchev–Trinajstić information content (AvgIpc) is 3.11. The van der Waals surface area contributed by atoms with Crippen molar-refractivity contribution in [1.82, 2.24) is 4.98 Å². The van der Waals surface area contributed by atoms with Crippen molar-refractivity contribution in [3.63, 3.8) is 0 Å². The summed E-state index contributed by atoms with van der Waals surface area (Å²) in [5.41, 5.74) is 1.62. The molecule has 0 aliphatic rings. The normalized spacial score (nSPS) is 11.2. The van der Waals surface area contributed by atoms with Gasteiger partial charge < -0.3 is 9.64 Å². The Hall–Kier alpha value is -2.09. The molecule has 0 saturated carbocycles. The Bertz CT molecular complexity index is 956. The van der Waals surface area contributed by atoms with Gasteiger partial charge in [0.05, 0.1) is 50.1 Å². The van der Waals surface area contributed by atoms with Gasteiger partial charge in [-0.15, -0.1) is 11.8 Å². The largest absolute Gasteiger partial charge is 0.497 e. The van der Waals surface area contributed by atoms with E-state index in [9.17, 15) is 4.79 Å². The molecule has 5 nitrogen and oxygen atoms in total. The van der Waals surface area contributed by atoms with Crippen LogP contribution in [-0.4, -0.2) is 50.9 Å². The van der Waals surface area contributed by atoms with Gasteiger partial charge in [-0.25, -0.2) is 4.98 Å². The molecule has 0 aliphatic carbocycles. The van der Waals surface area contributed by atoms with Crippen molar-refractivity contribution < 1.29 is 14.4 Å². The second kappa shape index (κ2) is 9.41. The summed E-state index contributed by atoms with van der Waals surface area (Å²) in [6.45, 7) is 3.55. The number of aromatic nitrogens is 1. The molecule has 0 aliphatic heterocycles. The summed E-state index contributed by atoms with van der Waals surface area (Å²) in [5.74, 6) is 1.72. The minimum Gasteiger partial charge on any atom is -0.497 e. The van der Waals surface area contributed by atoms with Gasteiger partial charge in [0.2, 0.25) is 0 Å². The molecule has 7 heteroatoms. The van der Waals surface area contributed by atoms with Crippen LogP contribution in [0.1, 0.15) is 17.3 Å². The lowest BCUT2D eigenvalue weighted by atomic mass is 10.2. The molecule has 0 bridgehead atoms. The number of carbonyl (C=O) groups is 1. The molecule has 0 radical (unpaired) electrons. The average molecular weight is 417 g/mol. The van der Waals surface area contributed by atoms with E-state index in [1.807, 2.05) is 47.4 Å². The predicted octanol–water partition coefficient (Wildman–Crippen LogP) is 3.21. The van der Waals surface area contributed by atoms with E-state index in [0.29, 0.717) is 6.54 Å². The Kier molecular flexibility index (Phi) is 6.93. The molecule has 1 heterocycles. The maximum absolute atomic E-state index is 13.5. The highest BCUT2D eigenvalue weighted by atomic mass is 32.2.